The molecule has 3 fully saturated rings. The highest BCUT2D eigenvalue weighted by atomic mass is 32.2. The maximum atomic E-state index is 13.0. The zero-order valence-corrected chi connectivity index (χ0v) is 31.0. The van der Waals surface area contributed by atoms with E-state index in [1.807, 2.05) is 24.3 Å². The van der Waals surface area contributed by atoms with E-state index in [0.717, 1.165) is 68.6 Å². The first-order chi connectivity index (χ1) is 25.5. The fourth-order valence-corrected chi connectivity index (χ4v) is 7.94. The number of carbonyl (C=O) groups is 2. The van der Waals surface area contributed by atoms with Crippen molar-refractivity contribution in [3.63, 3.8) is 0 Å². The predicted molar refractivity (Wildman–Crippen MR) is 195 cm³/mol. The Morgan fingerprint density at radius 3 is 2.30 bits per heavy atom. The third-order valence-corrected chi connectivity index (χ3v) is 11.2. The van der Waals surface area contributed by atoms with Gasteiger partial charge in [-0.25, -0.2) is 18.5 Å². The summed E-state index contributed by atoms with van der Waals surface area (Å²) in [5.41, 5.74) is 3.89. The third kappa shape index (κ3) is 12.1. The largest absolute Gasteiger partial charge is 0.505 e. The van der Waals surface area contributed by atoms with Crippen LogP contribution in [0.3, 0.4) is 0 Å². The lowest BCUT2D eigenvalue weighted by Gasteiger charge is -2.35. The van der Waals surface area contributed by atoms with Gasteiger partial charge in [-0.05, 0) is 75.5 Å². The SMILES string of the molecule is C=C(O)C(F)(F)F.CNc1cc(N2CCC(CCCS(=O)N3CCC(Nc4ncc(OC(F)F)cn4)CC3)CC2)c(C)cc1C(=N)C1CCC(=O)NC1=O. The van der Waals surface area contributed by atoms with Crippen molar-refractivity contribution in [3.05, 3.63) is 48.0 Å². The molecule has 0 spiro atoms. The Balaban J connectivity index is 0.000000845. The Morgan fingerprint density at radius 2 is 1.74 bits per heavy atom. The van der Waals surface area contributed by atoms with E-state index < -0.39 is 41.4 Å². The highest BCUT2D eigenvalue weighted by Crippen LogP contribution is 2.34. The number of amides is 2. The highest BCUT2D eigenvalue weighted by molar-refractivity contribution is 7.82. The van der Waals surface area contributed by atoms with Gasteiger partial charge in [0.1, 0.15) is 0 Å². The fraction of sp³-hybridized carbons (Fsp3) is 0.571. The van der Waals surface area contributed by atoms with Crippen LogP contribution < -0.4 is 25.6 Å². The van der Waals surface area contributed by atoms with Gasteiger partial charge in [-0.15, -0.1) is 0 Å². The molecule has 0 saturated carbocycles. The lowest BCUT2D eigenvalue weighted by atomic mass is 9.87. The van der Waals surface area contributed by atoms with Crippen molar-refractivity contribution in [2.75, 3.05) is 54.5 Å². The standard InChI is InChI=1S/C32H44F2N8O4S.C3H3F3O/c1-20-16-25(29(35)24-5-6-28(43)40-30(24)44)26(36-2)17-27(20)41-11-7-21(8-12-41)4-3-15-47(45)42-13-9-22(10-14-42)39-32-37-18-23(19-38-32)46-31(33)34;1-2(7)3(4,5)6/h16-19,21-22,24,31,35-36H,3-15H2,1-2H3,(H,37,38,39)(H,40,43,44);7H,1H2. The van der Waals surface area contributed by atoms with Crippen molar-refractivity contribution < 1.29 is 45.6 Å². The summed E-state index contributed by atoms with van der Waals surface area (Å²) in [6.45, 7) is 4.63. The summed E-state index contributed by atoms with van der Waals surface area (Å²) < 4.78 is 76.5. The Bertz CT molecular complexity index is 1650. The summed E-state index contributed by atoms with van der Waals surface area (Å²) in [4.78, 5) is 34.4. The maximum Gasteiger partial charge on any atom is 0.448 e. The molecular formula is C35H47F5N8O5S. The summed E-state index contributed by atoms with van der Waals surface area (Å²) in [6.07, 6.45) is 4.04. The number of nitrogens with one attached hydrogen (secondary N) is 4. The first-order valence-corrected chi connectivity index (χ1v) is 18.9. The van der Waals surface area contributed by atoms with E-state index in [2.05, 4.69) is 48.2 Å². The number of carbonyl (C=O) groups excluding carboxylic acids is 2. The summed E-state index contributed by atoms with van der Waals surface area (Å²) in [5, 5.41) is 25.1. The molecule has 2 aromatic rings. The molecule has 3 aliphatic rings. The highest BCUT2D eigenvalue weighted by Gasteiger charge is 2.33. The molecule has 5 rings (SSSR count). The molecule has 5 N–H and O–H groups in total. The average Bonchev–Trinajstić information content (AvgIpc) is 3.12. The van der Waals surface area contributed by atoms with E-state index in [1.54, 1.807) is 0 Å². The Kier molecular flexibility index (Phi) is 15.1. The van der Waals surface area contributed by atoms with Crippen LogP contribution in [-0.2, 0) is 20.6 Å². The molecule has 19 heteroatoms. The van der Waals surface area contributed by atoms with Gasteiger partial charge in [-0.2, -0.15) is 22.0 Å². The summed E-state index contributed by atoms with van der Waals surface area (Å²) >= 11 is 0. The smallest absolute Gasteiger partial charge is 0.448 e. The topological polar surface area (TPSA) is 173 Å². The summed E-state index contributed by atoms with van der Waals surface area (Å²) in [6, 6.07) is 4.17. The molecule has 298 valence electrons. The van der Waals surface area contributed by atoms with E-state index in [0.29, 0.717) is 42.7 Å². The number of nitrogens with zero attached hydrogens (tertiary/aromatic N) is 4. The second kappa shape index (κ2) is 19.3. The van der Waals surface area contributed by atoms with E-state index in [-0.39, 0.29) is 29.8 Å². The van der Waals surface area contributed by atoms with E-state index in [9.17, 15) is 35.8 Å². The molecular weight excluding hydrogens is 739 g/mol. The Hall–Kier alpha value is -4.39. The molecule has 1 aromatic carbocycles. The van der Waals surface area contributed by atoms with Crippen molar-refractivity contribution in [2.24, 2.45) is 11.8 Å². The minimum absolute atomic E-state index is 0.0857. The lowest BCUT2D eigenvalue weighted by molar-refractivity contribution is -0.134. The first-order valence-electron chi connectivity index (χ1n) is 17.7. The van der Waals surface area contributed by atoms with E-state index in [1.165, 1.54) is 12.4 Å². The number of aryl methyl sites for hydroxylation is 1. The molecule has 13 nitrogen and oxygen atoms in total. The van der Waals surface area contributed by atoms with Crippen LogP contribution in [-0.4, -0.2) is 98.9 Å². The number of halogens is 5. The molecule has 54 heavy (non-hydrogen) atoms. The van der Waals surface area contributed by atoms with Crippen LogP contribution in [0, 0.1) is 24.2 Å². The van der Waals surface area contributed by atoms with Crippen LogP contribution in [0.2, 0.25) is 0 Å². The lowest BCUT2D eigenvalue weighted by Crippen LogP contribution is -2.44. The molecule has 4 heterocycles. The minimum atomic E-state index is -4.64. The molecule has 0 radical (unpaired) electrons. The van der Waals surface area contributed by atoms with Crippen LogP contribution in [0.1, 0.15) is 62.5 Å². The number of rotatable bonds is 13. The number of anilines is 3. The maximum absolute atomic E-state index is 13.0. The number of aromatic nitrogens is 2. The van der Waals surface area contributed by atoms with Crippen LogP contribution in [0.25, 0.3) is 0 Å². The van der Waals surface area contributed by atoms with Crippen molar-refractivity contribution in [2.45, 2.75) is 77.1 Å². The summed E-state index contributed by atoms with van der Waals surface area (Å²) in [7, 11) is 0.791. The van der Waals surface area contributed by atoms with E-state index >= 15 is 0 Å². The molecule has 0 aliphatic carbocycles. The van der Waals surface area contributed by atoms with Gasteiger partial charge in [0, 0.05) is 68.4 Å². The minimum Gasteiger partial charge on any atom is -0.505 e. The number of hydrogen-bond acceptors (Lipinski definition) is 11. The van der Waals surface area contributed by atoms with Gasteiger partial charge in [-0.3, -0.25) is 14.9 Å². The van der Waals surface area contributed by atoms with Gasteiger partial charge in [-0.1, -0.05) is 6.58 Å². The van der Waals surface area contributed by atoms with E-state index in [4.69, 9.17) is 10.5 Å². The van der Waals surface area contributed by atoms with Crippen LogP contribution >= 0.6 is 0 Å². The molecule has 2 unspecified atom stereocenters. The third-order valence-electron chi connectivity index (χ3n) is 9.63. The van der Waals surface area contributed by atoms with Crippen molar-refractivity contribution in [3.8, 4) is 5.75 Å². The molecule has 3 aliphatic heterocycles. The number of imide groups is 1. The second-order valence-electron chi connectivity index (χ2n) is 13.4. The van der Waals surface area contributed by atoms with Gasteiger partial charge in [0.25, 0.3) is 0 Å². The normalized spacial score (nSPS) is 19.4. The van der Waals surface area contributed by atoms with Crippen molar-refractivity contribution in [1.82, 2.24) is 19.6 Å². The number of aliphatic hydroxyl groups excluding tert-OH is 1. The zero-order chi connectivity index (χ0) is 39.6. The fourth-order valence-electron chi connectivity index (χ4n) is 6.65. The Labute approximate surface area is 313 Å². The van der Waals surface area contributed by atoms with Gasteiger partial charge < -0.3 is 30.8 Å². The zero-order valence-electron chi connectivity index (χ0n) is 30.2. The van der Waals surface area contributed by atoms with Crippen LogP contribution in [0.4, 0.5) is 39.3 Å². The molecule has 0 bridgehead atoms. The molecule has 1 aromatic heterocycles. The number of ether oxygens (including phenoxy) is 1. The molecule has 2 atom stereocenters. The second-order valence-corrected chi connectivity index (χ2v) is 14.9. The van der Waals surface area contributed by atoms with Crippen molar-refractivity contribution >= 4 is 45.8 Å². The number of hydrogen-bond donors (Lipinski definition) is 5. The number of benzene rings is 1. The Morgan fingerprint density at radius 1 is 1.11 bits per heavy atom. The van der Waals surface area contributed by atoms with Gasteiger partial charge >= 0.3 is 12.8 Å². The quantitative estimate of drug-likeness (QED) is 0.0734. The van der Waals surface area contributed by atoms with Gasteiger partial charge in [0.2, 0.25) is 17.8 Å². The number of allylic oxidation sites excluding steroid dienone is 1. The first kappa shape index (κ1) is 42.4. The predicted octanol–water partition coefficient (Wildman–Crippen LogP) is 5.71. The van der Waals surface area contributed by atoms with Crippen molar-refractivity contribution in [1.29, 1.82) is 5.41 Å². The van der Waals surface area contributed by atoms with Crippen LogP contribution in [0.15, 0.2) is 36.9 Å². The monoisotopic (exact) mass is 786 g/mol. The number of aliphatic hydroxyl groups is 1. The number of alkyl halides is 5. The van der Waals surface area contributed by atoms with Gasteiger partial charge in [0.05, 0.1) is 35.0 Å². The average molecular weight is 787 g/mol. The molecule has 2 amide bonds. The summed E-state index contributed by atoms with van der Waals surface area (Å²) in [5.74, 6) is -1.57. The number of piperidine rings is 3. The molecule has 3 saturated heterocycles. The van der Waals surface area contributed by atoms with Crippen LogP contribution in [0.5, 0.6) is 5.75 Å². The van der Waals surface area contributed by atoms with Gasteiger partial charge in [0.15, 0.2) is 11.5 Å².